The normalized spacial score (nSPS) is 10.3. The van der Waals surface area contributed by atoms with Crippen LogP contribution < -0.4 is 10.1 Å². The first-order valence-electron chi connectivity index (χ1n) is 5.92. The van der Waals surface area contributed by atoms with Crippen molar-refractivity contribution in [2.75, 3.05) is 12.4 Å². The maximum atomic E-state index is 13.0. The molecule has 0 amide bonds. The minimum Gasteiger partial charge on any atom is -0.496 e. The van der Waals surface area contributed by atoms with Crippen LogP contribution in [0.5, 0.6) is 5.75 Å². The van der Waals surface area contributed by atoms with Crippen LogP contribution in [0.25, 0.3) is 0 Å². The van der Waals surface area contributed by atoms with E-state index in [4.69, 9.17) is 16.3 Å². The number of hydrogen-bond donors (Lipinski definition) is 1. The van der Waals surface area contributed by atoms with E-state index < -0.39 is 5.82 Å². The molecule has 0 unspecified atom stereocenters. The molecule has 0 aliphatic heterocycles. The van der Waals surface area contributed by atoms with Gasteiger partial charge in [0.1, 0.15) is 11.6 Å². The Kier molecular flexibility index (Phi) is 4.27. The topological polar surface area (TPSA) is 21.3 Å². The summed E-state index contributed by atoms with van der Waals surface area (Å²) in [6.45, 7) is 2.57. The Balaban J connectivity index is 2.05. The van der Waals surface area contributed by atoms with Gasteiger partial charge in [0.25, 0.3) is 0 Å². The van der Waals surface area contributed by atoms with Gasteiger partial charge in [-0.3, -0.25) is 0 Å². The summed E-state index contributed by atoms with van der Waals surface area (Å²) in [7, 11) is 1.65. The molecule has 1 N–H and O–H groups in total. The molecule has 0 bridgehead atoms. The van der Waals surface area contributed by atoms with E-state index in [2.05, 4.69) is 5.32 Å². The fraction of sp³-hybridized carbons (Fsp3) is 0.200. The standard InChI is InChI=1S/C15H15ClFNO/c1-10-7-12(4-6-15(10)19-2)18-9-11-3-5-14(17)13(16)8-11/h3-8,18H,9H2,1-2H3. The Labute approximate surface area is 117 Å². The average Bonchev–Trinajstić information content (AvgIpc) is 2.40. The summed E-state index contributed by atoms with van der Waals surface area (Å²) in [5, 5.41) is 3.41. The molecule has 0 aliphatic rings. The Morgan fingerprint density at radius 1 is 1.21 bits per heavy atom. The summed E-state index contributed by atoms with van der Waals surface area (Å²) in [6, 6.07) is 10.6. The molecule has 2 aromatic carbocycles. The number of ether oxygens (including phenoxy) is 1. The van der Waals surface area contributed by atoms with E-state index in [9.17, 15) is 4.39 Å². The van der Waals surface area contributed by atoms with Gasteiger partial charge in [-0.25, -0.2) is 4.39 Å². The van der Waals surface area contributed by atoms with Crippen molar-refractivity contribution in [3.8, 4) is 5.75 Å². The van der Waals surface area contributed by atoms with Crippen LogP contribution >= 0.6 is 11.6 Å². The SMILES string of the molecule is COc1ccc(NCc2ccc(F)c(Cl)c2)cc1C. The summed E-state index contributed by atoms with van der Waals surface area (Å²) in [4.78, 5) is 0. The highest BCUT2D eigenvalue weighted by Crippen LogP contribution is 2.22. The first kappa shape index (κ1) is 13.7. The zero-order valence-corrected chi connectivity index (χ0v) is 11.6. The summed E-state index contributed by atoms with van der Waals surface area (Å²) >= 11 is 5.74. The molecule has 0 saturated carbocycles. The lowest BCUT2D eigenvalue weighted by molar-refractivity contribution is 0.412. The maximum absolute atomic E-state index is 13.0. The van der Waals surface area contributed by atoms with Crippen LogP contribution in [0.1, 0.15) is 11.1 Å². The van der Waals surface area contributed by atoms with Gasteiger partial charge in [0.05, 0.1) is 12.1 Å². The minimum absolute atomic E-state index is 0.144. The third-order valence-electron chi connectivity index (χ3n) is 2.88. The highest BCUT2D eigenvalue weighted by molar-refractivity contribution is 6.30. The van der Waals surface area contributed by atoms with Crippen molar-refractivity contribution >= 4 is 17.3 Å². The number of methoxy groups -OCH3 is 1. The Hall–Kier alpha value is -1.74. The number of halogens is 2. The fourth-order valence-corrected chi connectivity index (χ4v) is 2.05. The van der Waals surface area contributed by atoms with Gasteiger partial charge in [0, 0.05) is 12.2 Å². The van der Waals surface area contributed by atoms with Crippen molar-refractivity contribution in [1.29, 1.82) is 0 Å². The highest BCUT2D eigenvalue weighted by Gasteiger charge is 2.02. The minimum atomic E-state index is -0.397. The molecule has 0 fully saturated rings. The van der Waals surface area contributed by atoms with E-state index in [0.717, 1.165) is 22.6 Å². The molecular weight excluding hydrogens is 265 g/mol. The predicted molar refractivity (Wildman–Crippen MR) is 76.5 cm³/mol. The van der Waals surface area contributed by atoms with Gasteiger partial charge in [0.2, 0.25) is 0 Å². The number of anilines is 1. The quantitative estimate of drug-likeness (QED) is 0.895. The zero-order valence-electron chi connectivity index (χ0n) is 10.8. The molecule has 19 heavy (non-hydrogen) atoms. The first-order valence-corrected chi connectivity index (χ1v) is 6.30. The van der Waals surface area contributed by atoms with E-state index in [0.29, 0.717) is 6.54 Å². The Morgan fingerprint density at radius 2 is 2.00 bits per heavy atom. The lowest BCUT2D eigenvalue weighted by Crippen LogP contribution is -2.00. The number of benzene rings is 2. The second-order valence-electron chi connectivity index (χ2n) is 4.29. The average molecular weight is 280 g/mol. The second-order valence-corrected chi connectivity index (χ2v) is 4.69. The molecule has 0 aliphatic carbocycles. The highest BCUT2D eigenvalue weighted by atomic mass is 35.5. The van der Waals surface area contributed by atoms with E-state index in [1.54, 1.807) is 19.2 Å². The summed E-state index contributed by atoms with van der Waals surface area (Å²) in [5.74, 6) is 0.459. The van der Waals surface area contributed by atoms with Crippen molar-refractivity contribution in [2.24, 2.45) is 0 Å². The van der Waals surface area contributed by atoms with Crippen LogP contribution in [-0.4, -0.2) is 7.11 Å². The second kappa shape index (κ2) is 5.93. The molecule has 0 spiro atoms. The van der Waals surface area contributed by atoms with Crippen LogP contribution in [0.15, 0.2) is 36.4 Å². The summed E-state index contributed by atoms with van der Waals surface area (Å²) in [6.07, 6.45) is 0. The van der Waals surface area contributed by atoms with Gasteiger partial charge in [-0.1, -0.05) is 17.7 Å². The predicted octanol–water partition coefficient (Wildman–Crippen LogP) is 4.41. The molecule has 0 atom stereocenters. The van der Waals surface area contributed by atoms with Crippen LogP contribution in [0, 0.1) is 12.7 Å². The maximum Gasteiger partial charge on any atom is 0.141 e. The van der Waals surface area contributed by atoms with Crippen molar-refractivity contribution in [2.45, 2.75) is 13.5 Å². The lowest BCUT2D eigenvalue weighted by atomic mass is 10.2. The number of nitrogens with one attached hydrogen (secondary N) is 1. The molecule has 0 saturated heterocycles. The molecule has 2 nitrogen and oxygen atoms in total. The van der Waals surface area contributed by atoms with Gasteiger partial charge in [-0.15, -0.1) is 0 Å². The first-order chi connectivity index (χ1) is 9.10. The van der Waals surface area contributed by atoms with Crippen LogP contribution in [0.3, 0.4) is 0 Å². The lowest BCUT2D eigenvalue weighted by Gasteiger charge is -2.10. The van der Waals surface area contributed by atoms with Crippen molar-refractivity contribution in [1.82, 2.24) is 0 Å². The summed E-state index contributed by atoms with van der Waals surface area (Å²) in [5.41, 5.74) is 2.98. The molecule has 2 rings (SSSR count). The van der Waals surface area contributed by atoms with Gasteiger partial charge in [0.15, 0.2) is 0 Å². The Morgan fingerprint density at radius 3 is 2.63 bits per heavy atom. The molecule has 0 aromatic heterocycles. The molecule has 4 heteroatoms. The number of rotatable bonds is 4. The van der Waals surface area contributed by atoms with Crippen molar-refractivity contribution in [3.05, 3.63) is 58.4 Å². The van der Waals surface area contributed by atoms with E-state index in [1.165, 1.54) is 6.07 Å². The third-order valence-corrected chi connectivity index (χ3v) is 3.17. The van der Waals surface area contributed by atoms with Gasteiger partial charge in [-0.2, -0.15) is 0 Å². The van der Waals surface area contributed by atoms with E-state index in [1.807, 2.05) is 25.1 Å². The van der Waals surface area contributed by atoms with E-state index >= 15 is 0 Å². The molecule has 0 heterocycles. The largest absolute Gasteiger partial charge is 0.496 e. The number of hydrogen-bond acceptors (Lipinski definition) is 2. The van der Waals surface area contributed by atoms with Gasteiger partial charge >= 0.3 is 0 Å². The van der Waals surface area contributed by atoms with Gasteiger partial charge < -0.3 is 10.1 Å². The Bertz CT molecular complexity index is 586. The molecule has 0 radical (unpaired) electrons. The molecular formula is C15H15ClFNO. The van der Waals surface area contributed by atoms with Gasteiger partial charge in [-0.05, 0) is 48.4 Å². The van der Waals surface area contributed by atoms with Crippen molar-refractivity contribution < 1.29 is 9.13 Å². The monoisotopic (exact) mass is 279 g/mol. The van der Waals surface area contributed by atoms with E-state index in [-0.39, 0.29) is 5.02 Å². The molecule has 2 aromatic rings. The van der Waals surface area contributed by atoms with Crippen LogP contribution in [-0.2, 0) is 6.54 Å². The summed E-state index contributed by atoms with van der Waals surface area (Å²) < 4.78 is 18.2. The smallest absolute Gasteiger partial charge is 0.141 e. The van der Waals surface area contributed by atoms with Crippen molar-refractivity contribution in [3.63, 3.8) is 0 Å². The number of aryl methyl sites for hydroxylation is 1. The fourth-order valence-electron chi connectivity index (χ4n) is 1.84. The van der Waals surface area contributed by atoms with Crippen LogP contribution in [0.2, 0.25) is 5.02 Å². The van der Waals surface area contributed by atoms with Crippen LogP contribution in [0.4, 0.5) is 10.1 Å². The third kappa shape index (κ3) is 3.38. The zero-order chi connectivity index (χ0) is 13.8. The molecule has 100 valence electrons.